The minimum atomic E-state index is 0.227. The number of aliphatic hydroxyl groups excluding tert-OH is 1. The van der Waals surface area contributed by atoms with Crippen LogP contribution in [0.25, 0.3) is 0 Å². The molecule has 0 saturated carbocycles. The van der Waals surface area contributed by atoms with Crippen LogP contribution in [0.5, 0.6) is 11.5 Å². The molecule has 0 atom stereocenters. The van der Waals surface area contributed by atoms with Crippen LogP contribution in [0.3, 0.4) is 0 Å². The summed E-state index contributed by atoms with van der Waals surface area (Å²) in [5, 5.41) is 19.6. The second kappa shape index (κ2) is 9.94. The smallest absolute Gasteiger partial charge is 0.129 e. The highest BCUT2D eigenvalue weighted by Crippen LogP contribution is 2.27. The molecule has 2 aromatic carbocycles. The van der Waals surface area contributed by atoms with E-state index in [4.69, 9.17) is 16.2 Å². The Morgan fingerprint density at radius 2 is 1.74 bits per heavy atom. The Morgan fingerprint density at radius 3 is 2.35 bits per heavy atom. The van der Waals surface area contributed by atoms with Gasteiger partial charge in [-0.15, -0.1) is 0 Å². The first-order chi connectivity index (χ1) is 14.8. The van der Waals surface area contributed by atoms with Crippen molar-refractivity contribution in [3.8, 4) is 11.5 Å². The molecule has 5 nitrogen and oxygen atoms in total. The summed E-state index contributed by atoms with van der Waals surface area (Å²) < 4.78 is 5.92. The van der Waals surface area contributed by atoms with Crippen LogP contribution in [0.2, 0.25) is 0 Å². The van der Waals surface area contributed by atoms with Crippen LogP contribution < -0.4 is 16.2 Å². The van der Waals surface area contributed by atoms with Gasteiger partial charge in [0.25, 0.3) is 0 Å². The summed E-state index contributed by atoms with van der Waals surface area (Å²) >= 11 is 0. The van der Waals surface area contributed by atoms with Crippen LogP contribution in [0.4, 0.5) is 5.69 Å². The van der Waals surface area contributed by atoms with Crippen molar-refractivity contribution >= 4 is 5.69 Å². The maximum absolute atomic E-state index is 10.1. The predicted molar refractivity (Wildman–Crippen MR) is 126 cm³/mol. The molecule has 0 radical (unpaired) electrons. The van der Waals surface area contributed by atoms with Gasteiger partial charge in [-0.2, -0.15) is 0 Å². The molecule has 1 aliphatic carbocycles. The largest absolute Gasteiger partial charge is 0.512 e. The summed E-state index contributed by atoms with van der Waals surface area (Å²) in [5.41, 5.74) is 17.5. The third-order valence-electron chi connectivity index (χ3n) is 5.20. The summed E-state index contributed by atoms with van der Waals surface area (Å²) in [7, 11) is 0. The highest BCUT2D eigenvalue weighted by Gasteiger charge is 2.09. The molecule has 0 fully saturated rings. The van der Waals surface area contributed by atoms with Gasteiger partial charge in [0.05, 0.1) is 5.76 Å². The molecule has 0 unspecified atom stereocenters. The normalized spacial score (nSPS) is 15.1. The third kappa shape index (κ3) is 6.44. The molecule has 1 aliphatic rings. The number of anilines is 1. The first-order valence-corrected chi connectivity index (χ1v) is 10.4. The first kappa shape index (κ1) is 22.1. The molecule has 31 heavy (non-hydrogen) atoms. The zero-order valence-electron chi connectivity index (χ0n) is 18.1. The van der Waals surface area contributed by atoms with E-state index in [9.17, 15) is 10.2 Å². The van der Waals surface area contributed by atoms with Crippen LogP contribution >= 0.6 is 0 Å². The Hall–Kier alpha value is -3.60. The number of ether oxygens (including phenoxy) is 1. The zero-order valence-corrected chi connectivity index (χ0v) is 18.1. The van der Waals surface area contributed by atoms with Gasteiger partial charge in [-0.1, -0.05) is 29.8 Å². The Balaban J connectivity index is 1.69. The summed E-state index contributed by atoms with van der Waals surface area (Å²) in [5.74, 6) is 2.09. The van der Waals surface area contributed by atoms with Crippen LogP contribution in [0.15, 0.2) is 89.1 Å². The van der Waals surface area contributed by atoms with Crippen molar-refractivity contribution in [2.24, 2.45) is 5.73 Å². The molecule has 0 aromatic heterocycles. The fraction of sp³-hybridized carbons (Fsp3) is 0.231. The van der Waals surface area contributed by atoms with E-state index in [1.807, 2.05) is 55.5 Å². The number of nitrogens with two attached hydrogens (primary N) is 2. The predicted octanol–water partition coefficient (Wildman–Crippen LogP) is 5.44. The van der Waals surface area contributed by atoms with Gasteiger partial charge in [0, 0.05) is 30.3 Å². The SMILES string of the molecule is C/C(=C\C(Cc1ccc(O)cc1)=C(/C)O)Cc1ccc(OC2=CC=C(N)CC2)cc1N. The van der Waals surface area contributed by atoms with Gasteiger partial charge in [0.2, 0.25) is 0 Å². The monoisotopic (exact) mass is 418 g/mol. The number of allylic oxidation sites excluding steroid dienone is 8. The van der Waals surface area contributed by atoms with Crippen LogP contribution in [-0.4, -0.2) is 10.2 Å². The minimum Gasteiger partial charge on any atom is -0.512 e. The van der Waals surface area contributed by atoms with E-state index in [1.165, 1.54) is 0 Å². The average Bonchev–Trinajstić information content (AvgIpc) is 2.73. The molecule has 0 bridgehead atoms. The van der Waals surface area contributed by atoms with Gasteiger partial charge < -0.3 is 26.4 Å². The molecule has 0 aliphatic heterocycles. The summed E-state index contributed by atoms with van der Waals surface area (Å²) in [6, 6.07) is 12.7. The van der Waals surface area contributed by atoms with Gasteiger partial charge in [0.15, 0.2) is 0 Å². The maximum atomic E-state index is 10.1. The molecule has 0 heterocycles. The van der Waals surface area contributed by atoms with Crippen molar-refractivity contribution in [3.63, 3.8) is 0 Å². The van der Waals surface area contributed by atoms with Gasteiger partial charge >= 0.3 is 0 Å². The number of aromatic hydroxyl groups is 1. The fourth-order valence-corrected chi connectivity index (χ4v) is 3.43. The Morgan fingerprint density at radius 1 is 1.00 bits per heavy atom. The van der Waals surface area contributed by atoms with E-state index in [2.05, 4.69) is 0 Å². The van der Waals surface area contributed by atoms with Crippen molar-refractivity contribution in [2.45, 2.75) is 39.5 Å². The molecule has 0 spiro atoms. The lowest BCUT2D eigenvalue weighted by molar-refractivity contribution is 0.400. The number of nitrogen functional groups attached to an aromatic ring is 1. The molecule has 0 saturated heterocycles. The number of benzene rings is 2. The number of hydrogen-bond acceptors (Lipinski definition) is 5. The molecule has 162 valence electrons. The Kier molecular flexibility index (Phi) is 7.08. The number of aliphatic hydroxyl groups is 1. The fourth-order valence-electron chi connectivity index (χ4n) is 3.43. The van der Waals surface area contributed by atoms with Gasteiger partial charge in [-0.25, -0.2) is 0 Å². The quantitative estimate of drug-likeness (QED) is 0.273. The van der Waals surface area contributed by atoms with Gasteiger partial charge in [0.1, 0.15) is 17.3 Å². The standard InChI is InChI=1S/C26H30N2O3/c1-17(14-21(18(2)29)15-19-3-8-23(30)9-4-19)13-20-5-10-25(16-26(20)28)31-24-11-6-22(27)7-12-24/h3-6,8-11,14,16,29-30H,7,12-13,15,27-28H2,1-2H3/b17-14+,21-18-. The number of phenolic OH excluding ortho intramolecular Hbond substituents is 1. The Bertz CT molecular complexity index is 1060. The second-order valence-electron chi connectivity index (χ2n) is 7.96. The van der Waals surface area contributed by atoms with Gasteiger partial charge in [-0.3, -0.25) is 0 Å². The van der Waals surface area contributed by atoms with E-state index in [0.29, 0.717) is 24.3 Å². The van der Waals surface area contributed by atoms with Crippen molar-refractivity contribution < 1.29 is 14.9 Å². The molecule has 5 heteroatoms. The third-order valence-corrected chi connectivity index (χ3v) is 5.20. The maximum Gasteiger partial charge on any atom is 0.129 e. The molecular weight excluding hydrogens is 388 g/mol. The van der Waals surface area contributed by atoms with Crippen molar-refractivity contribution in [2.75, 3.05) is 5.73 Å². The highest BCUT2D eigenvalue weighted by molar-refractivity contribution is 5.53. The Labute approximate surface area is 183 Å². The van der Waals surface area contributed by atoms with E-state index < -0.39 is 0 Å². The molecule has 0 amide bonds. The van der Waals surface area contributed by atoms with Crippen molar-refractivity contribution in [1.29, 1.82) is 0 Å². The number of rotatable bonds is 7. The topological polar surface area (TPSA) is 102 Å². The van der Waals surface area contributed by atoms with Crippen LogP contribution in [0.1, 0.15) is 37.8 Å². The summed E-state index contributed by atoms with van der Waals surface area (Å²) in [6.07, 6.45) is 8.59. The lowest BCUT2D eigenvalue weighted by Crippen LogP contribution is -2.05. The van der Waals surface area contributed by atoms with Crippen LogP contribution in [-0.2, 0) is 12.8 Å². The molecule has 6 N–H and O–H groups in total. The minimum absolute atomic E-state index is 0.227. The van der Waals surface area contributed by atoms with Gasteiger partial charge in [-0.05, 0) is 73.7 Å². The van der Waals surface area contributed by atoms with E-state index in [-0.39, 0.29) is 11.5 Å². The van der Waals surface area contributed by atoms with E-state index >= 15 is 0 Å². The van der Waals surface area contributed by atoms with Crippen LogP contribution in [0, 0.1) is 0 Å². The van der Waals surface area contributed by atoms with Crippen molar-refractivity contribution in [3.05, 3.63) is 100 Å². The highest BCUT2D eigenvalue weighted by atomic mass is 16.5. The van der Waals surface area contributed by atoms with E-state index in [1.54, 1.807) is 19.1 Å². The zero-order chi connectivity index (χ0) is 22.4. The summed E-state index contributed by atoms with van der Waals surface area (Å²) in [6.45, 7) is 3.70. The first-order valence-electron chi connectivity index (χ1n) is 10.4. The lowest BCUT2D eigenvalue weighted by atomic mass is 9.98. The summed E-state index contributed by atoms with van der Waals surface area (Å²) in [4.78, 5) is 0. The molecule has 2 aromatic rings. The van der Waals surface area contributed by atoms with Crippen molar-refractivity contribution in [1.82, 2.24) is 0 Å². The lowest BCUT2D eigenvalue weighted by Gasteiger charge is -2.15. The van der Waals surface area contributed by atoms with E-state index in [0.717, 1.165) is 46.6 Å². The number of hydrogen-bond donors (Lipinski definition) is 4. The second-order valence-corrected chi connectivity index (χ2v) is 7.96. The number of phenols is 1. The molecule has 3 rings (SSSR count). The average molecular weight is 419 g/mol. The molecular formula is C26H30N2O3.